The van der Waals surface area contributed by atoms with Crippen molar-refractivity contribution in [3.05, 3.63) is 44.9 Å². The SMILES string of the molecule is Nc1c(Nc2ccc(Cl)cc2Cl)nc[nH]c1=O. The van der Waals surface area contributed by atoms with E-state index in [-0.39, 0.29) is 11.5 Å². The molecule has 0 bridgehead atoms. The molecule has 1 aromatic carbocycles. The number of H-pyrrole nitrogens is 1. The van der Waals surface area contributed by atoms with E-state index >= 15 is 0 Å². The lowest BCUT2D eigenvalue weighted by Crippen LogP contribution is -2.14. The summed E-state index contributed by atoms with van der Waals surface area (Å²) in [6.07, 6.45) is 1.25. The highest BCUT2D eigenvalue weighted by molar-refractivity contribution is 6.36. The van der Waals surface area contributed by atoms with E-state index in [4.69, 9.17) is 28.9 Å². The van der Waals surface area contributed by atoms with Gasteiger partial charge in [-0.3, -0.25) is 4.79 Å². The minimum Gasteiger partial charge on any atom is -0.391 e. The van der Waals surface area contributed by atoms with Crippen molar-refractivity contribution in [1.82, 2.24) is 9.97 Å². The summed E-state index contributed by atoms with van der Waals surface area (Å²) in [7, 11) is 0. The molecule has 7 heteroatoms. The second-order valence-electron chi connectivity index (χ2n) is 3.24. The molecule has 0 saturated heterocycles. The van der Waals surface area contributed by atoms with Crippen molar-refractivity contribution < 1.29 is 0 Å². The van der Waals surface area contributed by atoms with Crippen molar-refractivity contribution in [3.63, 3.8) is 0 Å². The predicted molar refractivity (Wildman–Crippen MR) is 69.0 cm³/mol. The lowest BCUT2D eigenvalue weighted by molar-refractivity contribution is 1.13. The number of halogens is 2. The van der Waals surface area contributed by atoms with E-state index in [1.165, 1.54) is 6.33 Å². The van der Waals surface area contributed by atoms with Gasteiger partial charge >= 0.3 is 0 Å². The summed E-state index contributed by atoms with van der Waals surface area (Å²) in [6, 6.07) is 4.92. The van der Waals surface area contributed by atoms with Crippen molar-refractivity contribution >= 4 is 40.4 Å². The Morgan fingerprint density at radius 3 is 2.82 bits per heavy atom. The number of nitrogens with two attached hydrogens (primary N) is 1. The largest absolute Gasteiger partial charge is 0.391 e. The molecule has 2 rings (SSSR count). The fourth-order valence-corrected chi connectivity index (χ4v) is 1.68. The smallest absolute Gasteiger partial charge is 0.276 e. The normalized spacial score (nSPS) is 10.2. The van der Waals surface area contributed by atoms with Gasteiger partial charge in [0.1, 0.15) is 5.69 Å². The van der Waals surface area contributed by atoms with E-state index in [2.05, 4.69) is 15.3 Å². The van der Waals surface area contributed by atoms with Crippen molar-refractivity contribution in [3.8, 4) is 0 Å². The first-order chi connectivity index (χ1) is 8.08. The topological polar surface area (TPSA) is 83.8 Å². The Morgan fingerprint density at radius 1 is 1.35 bits per heavy atom. The van der Waals surface area contributed by atoms with Crippen LogP contribution in [0.25, 0.3) is 0 Å². The first kappa shape index (κ1) is 11.8. The monoisotopic (exact) mass is 270 g/mol. The predicted octanol–water partition coefficient (Wildman–Crippen LogP) is 2.40. The number of aromatic nitrogens is 2. The highest BCUT2D eigenvalue weighted by atomic mass is 35.5. The van der Waals surface area contributed by atoms with Gasteiger partial charge in [-0.2, -0.15) is 0 Å². The molecule has 0 atom stereocenters. The molecule has 0 spiro atoms. The number of nitrogen functional groups attached to an aromatic ring is 1. The van der Waals surface area contributed by atoms with Crippen LogP contribution in [0.15, 0.2) is 29.3 Å². The molecule has 88 valence electrons. The number of nitrogens with zero attached hydrogens (tertiary/aromatic N) is 1. The minimum absolute atomic E-state index is 0.00137. The molecule has 0 saturated carbocycles. The molecule has 0 aliphatic rings. The second kappa shape index (κ2) is 4.65. The van der Waals surface area contributed by atoms with E-state index in [1.54, 1.807) is 18.2 Å². The molecular formula is C10H8Cl2N4O. The van der Waals surface area contributed by atoms with E-state index in [0.29, 0.717) is 15.7 Å². The highest BCUT2D eigenvalue weighted by Gasteiger charge is 2.07. The maximum absolute atomic E-state index is 11.3. The van der Waals surface area contributed by atoms with Crippen LogP contribution in [0.5, 0.6) is 0 Å². The summed E-state index contributed by atoms with van der Waals surface area (Å²) < 4.78 is 0. The van der Waals surface area contributed by atoms with Crippen LogP contribution in [0.1, 0.15) is 0 Å². The molecule has 0 amide bonds. The fraction of sp³-hybridized carbons (Fsp3) is 0. The van der Waals surface area contributed by atoms with Crippen LogP contribution in [0.4, 0.5) is 17.2 Å². The van der Waals surface area contributed by atoms with Crippen LogP contribution in [-0.2, 0) is 0 Å². The van der Waals surface area contributed by atoms with Gasteiger partial charge in [-0.25, -0.2) is 4.98 Å². The van der Waals surface area contributed by atoms with Gasteiger partial charge in [0.15, 0.2) is 5.82 Å². The number of benzene rings is 1. The molecule has 0 radical (unpaired) electrons. The zero-order chi connectivity index (χ0) is 12.4. The molecule has 0 unspecified atom stereocenters. The van der Waals surface area contributed by atoms with Gasteiger partial charge in [0.25, 0.3) is 5.56 Å². The van der Waals surface area contributed by atoms with Gasteiger partial charge in [-0.1, -0.05) is 23.2 Å². The maximum Gasteiger partial charge on any atom is 0.276 e. The Hall–Kier alpha value is -1.72. The summed E-state index contributed by atoms with van der Waals surface area (Å²) >= 11 is 11.7. The molecule has 0 aliphatic carbocycles. The zero-order valence-corrected chi connectivity index (χ0v) is 10.0. The van der Waals surface area contributed by atoms with E-state index in [0.717, 1.165) is 0 Å². The minimum atomic E-state index is -0.410. The average Bonchev–Trinajstić information content (AvgIpc) is 2.28. The second-order valence-corrected chi connectivity index (χ2v) is 4.09. The molecule has 1 heterocycles. The van der Waals surface area contributed by atoms with E-state index < -0.39 is 5.56 Å². The lowest BCUT2D eigenvalue weighted by atomic mass is 10.3. The third-order valence-electron chi connectivity index (χ3n) is 2.07. The number of aromatic amines is 1. The Bertz CT molecular complexity index is 611. The third-order valence-corrected chi connectivity index (χ3v) is 2.62. The Morgan fingerprint density at radius 2 is 2.12 bits per heavy atom. The molecule has 17 heavy (non-hydrogen) atoms. The highest BCUT2D eigenvalue weighted by Crippen LogP contribution is 2.28. The van der Waals surface area contributed by atoms with Crippen LogP contribution in [0.3, 0.4) is 0 Å². The summed E-state index contributed by atoms with van der Waals surface area (Å²) in [6.45, 7) is 0. The molecule has 5 nitrogen and oxygen atoms in total. The molecule has 1 aromatic heterocycles. The quantitative estimate of drug-likeness (QED) is 0.783. The Labute approximate surface area is 107 Å². The number of rotatable bonds is 2. The number of anilines is 3. The third kappa shape index (κ3) is 2.51. The van der Waals surface area contributed by atoms with Gasteiger partial charge in [0.2, 0.25) is 0 Å². The van der Waals surface area contributed by atoms with Crippen molar-refractivity contribution in [2.24, 2.45) is 0 Å². The lowest BCUT2D eigenvalue weighted by Gasteiger charge is -2.08. The van der Waals surface area contributed by atoms with Crippen LogP contribution >= 0.6 is 23.2 Å². The van der Waals surface area contributed by atoms with Crippen LogP contribution < -0.4 is 16.6 Å². The van der Waals surface area contributed by atoms with Crippen LogP contribution in [-0.4, -0.2) is 9.97 Å². The van der Waals surface area contributed by atoms with E-state index in [1.807, 2.05) is 0 Å². The van der Waals surface area contributed by atoms with Crippen LogP contribution in [0, 0.1) is 0 Å². The number of hydrogen-bond donors (Lipinski definition) is 3. The molecule has 2 aromatic rings. The standard InChI is InChI=1S/C10H8Cl2N4O/c11-5-1-2-7(6(12)3-5)16-9-8(13)10(17)15-4-14-9/h1-4H,13H2,(H2,14,15,16,17). The fourth-order valence-electron chi connectivity index (χ4n) is 1.23. The summed E-state index contributed by atoms with van der Waals surface area (Å²) in [5.41, 5.74) is 5.73. The molecule has 0 fully saturated rings. The zero-order valence-electron chi connectivity index (χ0n) is 8.50. The van der Waals surface area contributed by atoms with Gasteiger partial charge < -0.3 is 16.0 Å². The van der Waals surface area contributed by atoms with E-state index in [9.17, 15) is 4.79 Å². The van der Waals surface area contributed by atoms with Crippen molar-refractivity contribution in [2.75, 3.05) is 11.1 Å². The molecular weight excluding hydrogens is 263 g/mol. The number of hydrogen-bond acceptors (Lipinski definition) is 4. The first-order valence-corrected chi connectivity index (χ1v) is 5.39. The maximum atomic E-state index is 11.3. The van der Waals surface area contributed by atoms with Crippen LogP contribution in [0.2, 0.25) is 10.0 Å². The van der Waals surface area contributed by atoms with Gasteiger partial charge in [0.05, 0.1) is 17.0 Å². The first-order valence-electron chi connectivity index (χ1n) is 4.63. The average molecular weight is 271 g/mol. The number of nitrogens with one attached hydrogen (secondary N) is 2. The Balaban J connectivity index is 2.38. The van der Waals surface area contributed by atoms with Gasteiger partial charge in [0, 0.05) is 5.02 Å². The summed E-state index contributed by atoms with van der Waals surface area (Å²) in [5.74, 6) is 0.248. The van der Waals surface area contributed by atoms with Gasteiger partial charge in [-0.05, 0) is 18.2 Å². The van der Waals surface area contributed by atoms with Crippen molar-refractivity contribution in [1.29, 1.82) is 0 Å². The summed E-state index contributed by atoms with van der Waals surface area (Å²) in [5, 5.41) is 3.80. The summed E-state index contributed by atoms with van der Waals surface area (Å²) in [4.78, 5) is 17.5. The van der Waals surface area contributed by atoms with Gasteiger partial charge in [-0.15, -0.1) is 0 Å². The van der Waals surface area contributed by atoms with Crippen molar-refractivity contribution in [2.45, 2.75) is 0 Å². The Kier molecular flexibility index (Phi) is 3.21. The molecule has 4 N–H and O–H groups in total. The molecule has 0 aliphatic heterocycles.